The van der Waals surface area contributed by atoms with Crippen molar-refractivity contribution in [1.82, 2.24) is 5.32 Å². The quantitative estimate of drug-likeness (QED) is 0.851. The van der Waals surface area contributed by atoms with E-state index in [9.17, 15) is 4.79 Å². The van der Waals surface area contributed by atoms with Crippen LogP contribution in [0.25, 0.3) is 0 Å². The average Bonchev–Trinajstić information content (AvgIpc) is 2.54. The van der Waals surface area contributed by atoms with Crippen LogP contribution < -0.4 is 14.8 Å². The zero-order chi connectivity index (χ0) is 15.9. The molecule has 116 valence electrons. The lowest BCUT2D eigenvalue weighted by molar-refractivity contribution is 0.0926. The number of halogens is 1. The van der Waals surface area contributed by atoms with Crippen LogP contribution in [-0.4, -0.2) is 25.7 Å². The molecule has 0 saturated carbocycles. The van der Waals surface area contributed by atoms with Crippen molar-refractivity contribution in [1.29, 1.82) is 0 Å². The van der Waals surface area contributed by atoms with Crippen molar-refractivity contribution in [3.05, 3.63) is 58.6 Å². The number of hydrogen-bond acceptors (Lipinski definition) is 3. The van der Waals surface area contributed by atoms with Gasteiger partial charge in [0.25, 0.3) is 5.91 Å². The van der Waals surface area contributed by atoms with Crippen molar-refractivity contribution < 1.29 is 14.3 Å². The Morgan fingerprint density at radius 1 is 1.09 bits per heavy atom. The van der Waals surface area contributed by atoms with E-state index in [2.05, 4.69) is 21.2 Å². The summed E-state index contributed by atoms with van der Waals surface area (Å²) >= 11 is 3.35. The minimum Gasteiger partial charge on any atom is -0.497 e. The van der Waals surface area contributed by atoms with Crippen molar-refractivity contribution >= 4 is 21.8 Å². The second-order valence-corrected chi connectivity index (χ2v) is 5.78. The highest BCUT2D eigenvalue weighted by atomic mass is 79.9. The third-order valence-electron chi connectivity index (χ3n) is 3.04. The predicted octanol–water partition coefficient (Wildman–Crippen LogP) is 3.66. The SMILES string of the molecule is COc1ccc(OC[C@H](C)NC(=O)c2ccc(Br)cc2)cc1. The van der Waals surface area contributed by atoms with E-state index in [0.29, 0.717) is 12.2 Å². The van der Waals surface area contributed by atoms with Gasteiger partial charge in [-0.1, -0.05) is 15.9 Å². The molecule has 0 radical (unpaired) electrons. The first kappa shape index (κ1) is 16.4. The molecule has 0 aliphatic rings. The monoisotopic (exact) mass is 363 g/mol. The molecule has 4 nitrogen and oxygen atoms in total. The predicted molar refractivity (Wildman–Crippen MR) is 89.6 cm³/mol. The molecule has 0 unspecified atom stereocenters. The van der Waals surface area contributed by atoms with Gasteiger partial charge in [-0.05, 0) is 55.5 Å². The lowest BCUT2D eigenvalue weighted by Gasteiger charge is -2.15. The first-order chi connectivity index (χ1) is 10.6. The van der Waals surface area contributed by atoms with E-state index in [4.69, 9.17) is 9.47 Å². The summed E-state index contributed by atoms with van der Waals surface area (Å²) in [5, 5.41) is 2.90. The fourth-order valence-corrected chi connectivity index (χ4v) is 2.11. The van der Waals surface area contributed by atoms with Gasteiger partial charge in [-0.2, -0.15) is 0 Å². The van der Waals surface area contributed by atoms with Gasteiger partial charge in [-0.15, -0.1) is 0 Å². The second kappa shape index (κ2) is 7.84. The summed E-state index contributed by atoms with van der Waals surface area (Å²) in [6.07, 6.45) is 0. The van der Waals surface area contributed by atoms with Crippen molar-refractivity contribution in [2.24, 2.45) is 0 Å². The number of nitrogens with one attached hydrogen (secondary N) is 1. The van der Waals surface area contributed by atoms with Crippen LogP contribution in [0.15, 0.2) is 53.0 Å². The maximum atomic E-state index is 12.1. The number of carbonyl (C=O) groups excluding carboxylic acids is 1. The smallest absolute Gasteiger partial charge is 0.251 e. The summed E-state index contributed by atoms with van der Waals surface area (Å²) in [7, 11) is 1.62. The van der Waals surface area contributed by atoms with E-state index in [1.165, 1.54) is 0 Å². The van der Waals surface area contributed by atoms with Crippen LogP contribution >= 0.6 is 15.9 Å². The van der Waals surface area contributed by atoms with Crippen LogP contribution in [-0.2, 0) is 0 Å². The van der Waals surface area contributed by atoms with E-state index < -0.39 is 0 Å². The van der Waals surface area contributed by atoms with Crippen LogP contribution in [0.3, 0.4) is 0 Å². The lowest BCUT2D eigenvalue weighted by Crippen LogP contribution is -2.36. The number of ether oxygens (including phenoxy) is 2. The van der Waals surface area contributed by atoms with Crippen LogP contribution in [0.5, 0.6) is 11.5 Å². The molecule has 0 aromatic heterocycles. The first-order valence-corrected chi connectivity index (χ1v) is 7.71. The summed E-state index contributed by atoms with van der Waals surface area (Å²) in [5.74, 6) is 1.41. The van der Waals surface area contributed by atoms with Gasteiger partial charge >= 0.3 is 0 Å². The highest BCUT2D eigenvalue weighted by Gasteiger charge is 2.10. The molecule has 2 aromatic carbocycles. The second-order valence-electron chi connectivity index (χ2n) is 4.87. The van der Waals surface area contributed by atoms with Crippen LogP contribution in [0.2, 0.25) is 0 Å². The Bertz CT molecular complexity index is 611. The van der Waals surface area contributed by atoms with Gasteiger partial charge in [-0.3, -0.25) is 4.79 Å². The van der Waals surface area contributed by atoms with E-state index >= 15 is 0 Å². The summed E-state index contributed by atoms with van der Waals surface area (Å²) in [5.41, 5.74) is 0.625. The van der Waals surface area contributed by atoms with Crippen LogP contribution in [0.4, 0.5) is 0 Å². The van der Waals surface area contributed by atoms with Gasteiger partial charge in [0.15, 0.2) is 0 Å². The number of methoxy groups -OCH3 is 1. The molecule has 0 saturated heterocycles. The summed E-state index contributed by atoms with van der Waals surface area (Å²) in [6.45, 7) is 2.30. The molecule has 0 heterocycles. The van der Waals surface area contributed by atoms with Crippen LogP contribution in [0.1, 0.15) is 17.3 Å². The standard InChI is InChI=1S/C17H18BrNO3/c1-12(11-22-16-9-7-15(21-2)8-10-16)19-17(20)13-3-5-14(18)6-4-13/h3-10,12H,11H2,1-2H3,(H,19,20)/t12-/m0/s1. The Kier molecular flexibility index (Phi) is 5.83. The number of carbonyl (C=O) groups is 1. The molecule has 5 heteroatoms. The van der Waals surface area contributed by atoms with E-state index in [0.717, 1.165) is 16.0 Å². The Labute approximate surface area is 138 Å². The first-order valence-electron chi connectivity index (χ1n) is 6.92. The Hall–Kier alpha value is -2.01. The fraction of sp³-hybridized carbons (Fsp3) is 0.235. The summed E-state index contributed by atoms with van der Waals surface area (Å²) in [6, 6.07) is 14.5. The summed E-state index contributed by atoms with van der Waals surface area (Å²) < 4.78 is 11.7. The van der Waals surface area contributed by atoms with Gasteiger partial charge in [0.2, 0.25) is 0 Å². The van der Waals surface area contributed by atoms with Crippen molar-refractivity contribution in [3.8, 4) is 11.5 Å². The van der Waals surface area contributed by atoms with Gasteiger partial charge < -0.3 is 14.8 Å². The molecule has 0 aliphatic carbocycles. The summed E-state index contributed by atoms with van der Waals surface area (Å²) in [4.78, 5) is 12.1. The Balaban J connectivity index is 1.82. The molecule has 0 spiro atoms. The van der Waals surface area contributed by atoms with Gasteiger partial charge in [0.05, 0.1) is 13.2 Å². The van der Waals surface area contributed by atoms with E-state index in [1.807, 2.05) is 43.3 Å². The largest absolute Gasteiger partial charge is 0.497 e. The minimum absolute atomic E-state index is 0.0988. The highest BCUT2D eigenvalue weighted by Crippen LogP contribution is 2.17. The molecular formula is C17H18BrNO3. The zero-order valence-electron chi connectivity index (χ0n) is 12.5. The zero-order valence-corrected chi connectivity index (χ0v) is 14.1. The molecular weight excluding hydrogens is 346 g/mol. The molecule has 2 rings (SSSR count). The Morgan fingerprint density at radius 3 is 2.27 bits per heavy atom. The molecule has 1 N–H and O–H groups in total. The number of benzene rings is 2. The molecule has 1 atom stereocenters. The van der Waals surface area contributed by atoms with Gasteiger partial charge in [-0.25, -0.2) is 0 Å². The molecule has 0 aliphatic heterocycles. The Morgan fingerprint density at radius 2 is 1.68 bits per heavy atom. The number of hydrogen-bond donors (Lipinski definition) is 1. The number of rotatable bonds is 6. The average molecular weight is 364 g/mol. The van der Waals surface area contributed by atoms with Crippen molar-refractivity contribution in [2.75, 3.05) is 13.7 Å². The molecule has 22 heavy (non-hydrogen) atoms. The molecule has 1 amide bonds. The maximum Gasteiger partial charge on any atom is 0.251 e. The van der Waals surface area contributed by atoms with Crippen LogP contribution in [0, 0.1) is 0 Å². The fourth-order valence-electron chi connectivity index (χ4n) is 1.84. The van der Waals surface area contributed by atoms with Crippen molar-refractivity contribution in [2.45, 2.75) is 13.0 Å². The highest BCUT2D eigenvalue weighted by molar-refractivity contribution is 9.10. The third kappa shape index (κ3) is 4.77. The van der Waals surface area contributed by atoms with E-state index in [1.54, 1.807) is 19.2 Å². The normalized spacial score (nSPS) is 11.6. The minimum atomic E-state index is -0.113. The third-order valence-corrected chi connectivity index (χ3v) is 3.57. The topological polar surface area (TPSA) is 47.6 Å². The van der Waals surface area contributed by atoms with Gasteiger partial charge in [0.1, 0.15) is 18.1 Å². The number of amides is 1. The molecule has 0 fully saturated rings. The van der Waals surface area contributed by atoms with Crippen molar-refractivity contribution in [3.63, 3.8) is 0 Å². The lowest BCUT2D eigenvalue weighted by atomic mass is 10.2. The van der Waals surface area contributed by atoms with E-state index in [-0.39, 0.29) is 11.9 Å². The van der Waals surface area contributed by atoms with Gasteiger partial charge in [0, 0.05) is 10.0 Å². The molecule has 0 bridgehead atoms. The maximum absolute atomic E-state index is 12.1. The molecule has 2 aromatic rings.